The number of methoxy groups -OCH3 is 1. The molecule has 0 aliphatic carbocycles. The summed E-state index contributed by atoms with van der Waals surface area (Å²) >= 11 is 0. The van der Waals surface area contributed by atoms with E-state index in [2.05, 4.69) is 24.6 Å². The third kappa shape index (κ3) is 4.59. The zero-order valence-electron chi connectivity index (χ0n) is 17.6. The van der Waals surface area contributed by atoms with Crippen molar-refractivity contribution < 1.29 is 13.2 Å². The van der Waals surface area contributed by atoms with Crippen molar-refractivity contribution in [3.05, 3.63) is 29.1 Å². The Bertz CT molecular complexity index is 988. The fourth-order valence-corrected chi connectivity index (χ4v) is 4.53. The van der Waals surface area contributed by atoms with Crippen molar-refractivity contribution in [2.24, 2.45) is 0 Å². The molecule has 1 aromatic carbocycles. The molecule has 1 aliphatic heterocycles. The van der Waals surface area contributed by atoms with E-state index in [0.717, 1.165) is 31.5 Å². The minimum absolute atomic E-state index is 0.0168. The molecule has 10 heteroatoms. The number of anilines is 2. The van der Waals surface area contributed by atoms with Crippen LogP contribution in [0.4, 0.5) is 11.9 Å². The molecular weight excluding hydrogens is 392 g/mol. The maximum atomic E-state index is 12.9. The SMILES string of the molecule is COc1ccc(S(=O)(=O)NCc2nc(N(C)C)nc(N3CCCC3)n2)c(C)c1C. The highest BCUT2D eigenvalue weighted by molar-refractivity contribution is 7.89. The van der Waals surface area contributed by atoms with Gasteiger partial charge in [-0.2, -0.15) is 15.0 Å². The summed E-state index contributed by atoms with van der Waals surface area (Å²) in [4.78, 5) is 17.5. The fraction of sp³-hybridized carbons (Fsp3) is 0.526. The standard InChI is InChI=1S/C19H28N6O3S/c1-13-14(2)16(9-8-15(13)28-5)29(26,27)20-12-17-21-18(24(3)4)23-19(22-17)25-10-6-7-11-25/h8-9,20H,6-7,10-12H2,1-5H3. The van der Waals surface area contributed by atoms with Crippen molar-refractivity contribution in [1.82, 2.24) is 19.7 Å². The van der Waals surface area contributed by atoms with Gasteiger partial charge in [0.05, 0.1) is 18.6 Å². The van der Waals surface area contributed by atoms with E-state index in [9.17, 15) is 8.42 Å². The molecule has 0 amide bonds. The molecule has 1 aliphatic rings. The molecule has 1 fully saturated rings. The topological polar surface area (TPSA) is 101 Å². The summed E-state index contributed by atoms with van der Waals surface area (Å²) in [7, 11) is 1.53. The van der Waals surface area contributed by atoms with Crippen LogP contribution in [0, 0.1) is 13.8 Å². The molecule has 0 bridgehead atoms. The number of hydrogen-bond donors (Lipinski definition) is 1. The number of rotatable bonds is 7. The number of nitrogens with one attached hydrogen (secondary N) is 1. The van der Waals surface area contributed by atoms with E-state index in [1.807, 2.05) is 21.0 Å². The third-order valence-corrected chi connectivity index (χ3v) is 6.61. The van der Waals surface area contributed by atoms with Gasteiger partial charge in [0.2, 0.25) is 21.9 Å². The monoisotopic (exact) mass is 420 g/mol. The van der Waals surface area contributed by atoms with Crippen LogP contribution in [0.3, 0.4) is 0 Å². The van der Waals surface area contributed by atoms with E-state index in [-0.39, 0.29) is 11.4 Å². The highest BCUT2D eigenvalue weighted by atomic mass is 32.2. The van der Waals surface area contributed by atoms with Gasteiger partial charge in [0.25, 0.3) is 0 Å². The Balaban J connectivity index is 1.85. The molecule has 0 spiro atoms. The highest BCUT2D eigenvalue weighted by Gasteiger charge is 2.22. The van der Waals surface area contributed by atoms with Crippen LogP contribution >= 0.6 is 0 Å². The number of nitrogens with zero attached hydrogens (tertiary/aromatic N) is 5. The number of hydrogen-bond acceptors (Lipinski definition) is 8. The first kappa shape index (κ1) is 21.3. The van der Waals surface area contributed by atoms with Crippen molar-refractivity contribution in [3.8, 4) is 5.75 Å². The quantitative estimate of drug-likeness (QED) is 0.722. The van der Waals surface area contributed by atoms with Crippen LogP contribution < -0.4 is 19.3 Å². The summed E-state index contributed by atoms with van der Waals surface area (Å²) in [5, 5.41) is 0. The second kappa shape index (κ2) is 8.50. The first-order chi connectivity index (χ1) is 13.7. The summed E-state index contributed by atoms with van der Waals surface area (Å²) in [6.45, 7) is 5.38. The van der Waals surface area contributed by atoms with Gasteiger partial charge < -0.3 is 14.5 Å². The van der Waals surface area contributed by atoms with Crippen molar-refractivity contribution in [1.29, 1.82) is 0 Å². The summed E-state index contributed by atoms with van der Waals surface area (Å²) in [5.41, 5.74) is 1.45. The minimum atomic E-state index is -3.73. The van der Waals surface area contributed by atoms with Gasteiger partial charge in [-0.1, -0.05) is 0 Å². The second-order valence-electron chi connectivity index (χ2n) is 7.28. The van der Waals surface area contributed by atoms with Gasteiger partial charge in [-0.25, -0.2) is 13.1 Å². The number of benzene rings is 1. The minimum Gasteiger partial charge on any atom is -0.496 e. The maximum absolute atomic E-state index is 12.9. The van der Waals surface area contributed by atoms with Crippen LogP contribution in [-0.2, 0) is 16.6 Å². The summed E-state index contributed by atoms with van der Waals surface area (Å²) in [5.74, 6) is 2.14. The molecule has 9 nitrogen and oxygen atoms in total. The zero-order valence-corrected chi connectivity index (χ0v) is 18.4. The van der Waals surface area contributed by atoms with Gasteiger partial charge in [-0.05, 0) is 49.9 Å². The normalized spacial score (nSPS) is 14.3. The van der Waals surface area contributed by atoms with E-state index in [1.165, 1.54) is 0 Å². The largest absolute Gasteiger partial charge is 0.496 e. The molecule has 2 heterocycles. The summed E-state index contributed by atoms with van der Waals surface area (Å²) in [6.07, 6.45) is 2.20. The average Bonchev–Trinajstić information content (AvgIpc) is 3.23. The van der Waals surface area contributed by atoms with Gasteiger partial charge >= 0.3 is 0 Å². The lowest BCUT2D eigenvalue weighted by Crippen LogP contribution is -2.28. The summed E-state index contributed by atoms with van der Waals surface area (Å²) in [6, 6.07) is 3.22. The van der Waals surface area contributed by atoms with Crippen molar-refractivity contribution >= 4 is 21.9 Å². The first-order valence-electron chi connectivity index (χ1n) is 9.54. The molecule has 0 unspecified atom stereocenters. The van der Waals surface area contributed by atoms with Crippen LogP contribution in [0.2, 0.25) is 0 Å². The molecule has 0 radical (unpaired) electrons. The molecule has 158 valence electrons. The zero-order chi connectivity index (χ0) is 21.2. The predicted molar refractivity (Wildman–Crippen MR) is 112 cm³/mol. The average molecular weight is 421 g/mol. The smallest absolute Gasteiger partial charge is 0.241 e. The van der Waals surface area contributed by atoms with Crippen molar-refractivity contribution in [2.75, 3.05) is 44.1 Å². The Labute approximate surface area is 172 Å². The third-order valence-electron chi connectivity index (χ3n) is 5.06. The lowest BCUT2D eigenvalue weighted by Gasteiger charge is -2.19. The lowest BCUT2D eigenvalue weighted by molar-refractivity contribution is 0.410. The van der Waals surface area contributed by atoms with Gasteiger partial charge in [0, 0.05) is 27.2 Å². The van der Waals surface area contributed by atoms with E-state index in [1.54, 1.807) is 31.1 Å². The van der Waals surface area contributed by atoms with Gasteiger partial charge in [-0.3, -0.25) is 0 Å². The van der Waals surface area contributed by atoms with E-state index in [0.29, 0.717) is 29.0 Å². The summed E-state index contributed by atoms with van der Waals surface area (Å²) < 4.78 is 33.7. The number of ether oxygens (including phenoxy) is 1. The van der Waals surface area contributed by atoms with Crippen LogP contribution in [0.25, 0.3) is 0 Å². The molecular formula is C19H28N6O3S. The van der Waals surface area contributed by atoms with Crippen LogP contribution in [0.5, 0.6) is 5.75 Å². The molecule has 0 atom stereocenters. The van der Waals surface area contributed by atoms with Gasteiger partial charge in [0.15, 0.2) is 5.82 Å². The molecule has 1 saturated heterocycles. The Kier molecular flexibility index (Phi) is 6.23. The predicted octanol–water partition coefficient (Wildman–Crippen LogP) is 1.64. The molecule has 0 saturated carbocycles. The van der Waals surface area contributed by atoms with E-state index >= 15 is 0 Å². The molecule has 3 rings (SSSR count). The lowest BCUT2D eigenvalue weighted by atomic mass is 10.1. The first-order valence-corrected chi connectivity index (χ1v) is 11.0. The van der Waals surface area contributed by atoms with Gasteiger partial charge in [0.1, 0.15) is 5.75 Å². The Morgan fingerprint density at radius 2 is 1.79 bits per heavy atom. The van der Waals surface area contributed by atoms with Crippen LogP contribution in [0.1, 0.15) is 29.8 Å². The molecule has 29 heavy (non-hydrogen) atoms. The highest BCUT2D eigenvalue weighted by Crippen LogP contribution is 2.27. The Morgan fingerprint density at radius 1 is 1.10 bits per heavy atom. The number of sulfonamides is 1. The van der Waals surface area contributed by atoms with E-state index < -0.39 is 10.0 Å². The molecule has 1 aromatic heterocycles. The number of aromatic nitrogens is 3. The maximum Gasteiger partial charge on any atom is 0.241 e. The van der Waals surface area contributed by atoms with Crippen molar-refractivity contribution in [3.63, 3.8) is 0 Å². The van der Waals surface area contributed by atoms with Crippen LogP contribution in [-0.4, -0.2) is 57.7 Å². The second-order valence-corrected chi connectivity index (χ2v) is 9.02. The molecule has 1 N–H and O–H groups in total. The molecule has 2 aromatic rings. The van der Waals surface area contributed by atoms with Gasteiger partial charge in [-0.15, -0.1) is 0 Å². The van der Waals surface area contributed by atoms with Crippen molar-refractivity contribution in [2.45, 2.75) is 38.1 Å². The Morgan fingerprint density at radius 3 is 2.41 bits per heavy atom. The fourth-order valence-electron chi connectivity index (χ4n) is 3.25. The Hall–Kier alpha value is -2.46. The van der Waals surface area contributed by atoms with Crippen LogP contribution in [0.15, 0.2) is 17.0 Å². The van der Waals surface area contributed by atoms with E-state index in [4.69, 9.17) is 4.74 Å².